The van der Waals surface area contributed by atoms with Gasteiger partial charge in [-0.25, -0.2) is 9.97 Å². The Balaban J connectivity index is 1.68. The number of nitrogens with two attached hydrogens (primary N) is 1. The molecule has 0 aromatic carbocycles. The van der Waals surface area contributed by atoms with Gasteiger partial charge in [-0.05, 0) is 32.7 Å². The van der Waals surface area contributed by atoms with Gasteiger partial charge in [-0.1, -0.05) is 6.42 Å². The molecule has 2 bridgehead atoms. The van der Waals surface area contributed by atoms with E-state index in [9.17, 15) is 0 Å². The highest BCUT2D eigenvalue weighted by Crippen LogP contribution is 2.33. The molecule has 1 aromatic rings. The third-order valence-corrected chi connectivity index (χ3v) is 4.38. The largest absolute Gasteiger partial charge is 0.384 e. The number of hydrogen-bond acceptors (Lipinski definition) is 5. The van der Waals surface area contributed by atoms with E-state index >= 15 is 0 Å². The predicted molar refractivity (Wildman–Crippen MR) is 72.3 cm³/mol. The van der Waals surface area contributed by atoms with Crippen LogP contribution in [0, 0.1) is 0 Å². The number of nitrogens with zero attached hydrogens (tertiary/aromatic N) is 3. The van der Waals surface area contributed by atoms with Gasteiger partial charge in [0.05, 0.1) is 0 Å². The van der Waals surface area contributed by atoms with Crippen molar-refractivity contribution in [3.63, 3.8) is 0 Å². The number of fused-ring (bicyclic) bond motifs is 2. The molecular formula is C13H21N5. The first-order valence-electron chi connectivity index (χ1n) is 6.78. The van der Waals surface area contributed by atoms with Crippen molar-refractivity contribution in [3.05, 3.63) is 12.4 Å². The molecule has 2 atom stereocenters. The van der Waals surface area contributed by atoms with Crippen LogP contribution in [0.2, 0.25) is 0 Å². The van der Waals surface area contributed by atoms with Gasteiger partial charge in [-0.3, -0.25) is 0 Å². The maximum atomic E-state index is 5.68. The summed E-state index contributed by atoms with van der Waals surface area (Å²) in [6.07, 6.45) is 7.97. The Bertz CT molecular complexity index is 408. The lowest BCUT2D eigenvalue weighted by Gasteiger charge is -2.47. The van der Waals surface area contributed by atoms with E-state index in [0.717, 1.165) is 17.9 Å². The molecule has 3 N–H and O–H groups in total. The second-order valence-electron chi connectivity index (χ2n) is 5.54. The Hall–Kier alpha value is -1.36. The molecule has 0 saturated carbocycles. The van der Waals surface area contributed by atoms with Crippen molar-refractivity contribution in [2.45, 2.75) is 50.2 Å². The maximum Gasteiger partial charge on any atom is 0.131 e. The van der Waals surface area contributed by atoms with Crippen LogP contribution in [0.15, 0.2) is 12.4 Å². The first kappa shape index (κ1) is 11.7. The lowest BCUT2D eigenvalue weighted by Crippen LogP contribution is -2.52. The normalized spacial score (nSPS) is 32.2. The van der Waals surface area contributed by atoms with E-state index in [4.69, 9.17) is 5.73 Å². The van der Waals surface area contributed by atoms with E-state index in [-0.39, 0.29) is 0 Å². The molecule has 2 unspecified atom stereocenters. The third-order valence-electron chi connectivity index (χ3n) is 4.38. The fraction of sp³-hybridized carbons (Fsp3) is 0.692. The standard InChI is InChI=1S/C13H21N5/c1-18-10-3-2-4-11(18)6-9(5-10)17-13-7-12(14)15-8-16-13/h7-11H,2-6H2,1H3,(H3,14,15,16,17). The van der Waals surface area contributed by atoms with Gasteiger partial charge >= 0.3 is 0 Å². The monoisotopic (exact) mass is 247 g/mol. The Morgan fingerprint density at radius 2 is 2.00 bits per heavy atom. The lowest BCUT2D eigenvalue weighted by atomic mass is 9.82. The van der Waals surface area contributed by atoms with Crippen molar-refractivity contribution >= 4 is 11.6 Å². The van der Waals surface area contributed by atoms with Crippen molar-refractivity contribution in [1.82, 2.24) is 14.9 Å². The summed E-state index contributed by atoms with van der Waals surface area (Å²) in [4.78, 5) is 10.7. The van der Waals surface area contributed by atoms with Crippen LogP contribution >= 0.6 is 0 Å². The molecule has 2 fully saturated rings. The molecule has 5 heteroatoms. The highest BCUT2D eigenvalue weighted by Gasteiger charge is 2.35. The SMILES string of the molecule is CN1C2CCCC1CC(Nc1cc(N)ncn1)C2. The van der Waals surface area contributed by atoms with E-state index in [0.29, 0.717) is 11.9 Å². The van der Waals surface area contributed by atoms with E-state index in [1.54, 1.807) is 0 Å². The molecule has 0 spiro atoms. The van der Waals surface area contributed by atoms with Crippen LogP contribution in [0.3, 0.4) is 0 Å². The molecule has 18 heavy (non-hydrogen) atoms. The summed E-state index contributed by atoms with van der Waals surface area (Å²) in [5.74, 6) is 1.38. The lowest BCUT2D eigenvalue weighted by molar-refractivity contribution is 0.0608. The zero-order valence-corrected chi connectivity index (χ0v) is 10.8. The van der Waals surface area contributed by atoms with Crippen LogP contribution in [0.5, 0.6) is 0 Å². The summed E-state index contributed by atoms with van der Waals surface area (Å²) in [5, 5.41) is 3.51. The summed E-state index contributed by atoms with van der Waals surface area (Å²) in [5.41, 5.74) is 5.68. The molecule has 98 valence electrons. The van der Waals surface area contributed by atoms with E-state index in [1.807, 2.05) is 6.07 Å². The molecule has 1 aromatic heterocycles. The molecule has 0 radical (unpaired) electrons. The Morgan fingerprint density at radius 3 is 2.67 bits per heavy atom. The van der Waals surface area contributed by atoms with Crippen molar-refractivity contribution < 1.29 is 0 Å². The van der Waals surface area contributed by atoms with Gasteiger partial charge in [0.25, 0.3) is 0 Å². The Labute approximate surface area is 108 Å². The minimum Gasteiger partial charge on any atom is -0.384 e. The summed E-state index contributed by atoms with van der Waals surface area (Å²) >= 11 is 0. The molecule has 0 aliphatic carbocycles. The number of rotatable bonds is 2. The summed E-state index contributed by atoms with van der Waals surface area (Å²) in [7, 11) is 2.27. The second kappa shape index (κ2) is 4.72. The molecule has 2 saturated heterocycles. The van der Waals surface area contributed by atoms with E-state index in [1.165, 1.54) is 38.4 Å². The Morgan fingerprint density at radius 1 is 1.28 bits per heavy atom. The van der Waals surface area contributed by atoms with Crippen molar-refractivity contribution in [2.24, 2.45) is 0 Å². The number of anilines is 2. The van der Waals surface area contributed by atoms with Crippen molar-refractivity contribution in [1.29, 1.82) is 0 Å². The minimum absolute atomic E-state index is 0.519. The number of nitrogen functional groups attached to an aromatic ring is 1. The first-order chi connectivity index (χ1) is 8.72. The van der Waals surface area contributed by atoms with Crippen molar-refractivity contribution in [2.75, 3.05) is 18.1 Å². The molecule has 2 aliphatic rings. The van der Waals surface area contributed by atoms with Crippen LogP contribution in [0.1, 0.15) is 32.1 Å². The number of nitrogens with one attached hydrogen (secondary N) is 1. The fourth-order valence-electron chi connectivity index (χ4n) is 3.39. The smallest absolute Gasteiger partial charge is 0.131 e. The average molecular weight is 247 g/mol. The van der Waals surface area contributed by atoms with Gasteiger partial charge in [0.15, 0.2) is 0 Å². The summed E-state index contributed by atoms with van der Waals surface area (Å²) in [6, 6.07) is 3.79. The quantitative estimate of drug-likeness (QED) is 0.828. The molecule has 5 nitrogen and oxygen atoms in total. The van der Waals surface area contributed by atoms with Crippen LogP contribution in [-0.2, 0) is 0 Å². The fourth-order valence-corrected chi connectivity index (χ4v) is 3.39. The first-order valence-corrected chi connectivity index (χ1v) is 6.78. The van der Waals surface area contributed by atoms with Crippen LogP contribution < -0.4 is 11.1 Å². The Kier molecular flexibility index (Phi) is 3.07. The van der Waals surface area contributed by atoms with Crippen molar-refractivity contribution in [3.8, 4) is 0 Å². The van der Waals surface area contributed by atoms with Gasteiger partial charge < -0.3 is 16.0 Å². The molecule has 0 amide bonds. The van der Waals surface area contributed by atoms with E-state index in [2.05, 4.69) is 27.2 Å². The highest BCUT2D eigenvalue weighted by molar-refractivity contribution is 5.44. The van der Waals surface area contributed by atoms with Crippen LogP contribution in [0.25, 0.3) is 0 Å². The molecule has 2 aliphatic heterocycles. The molecular weight excluding hydrogens is 226 g/mol. The number of piperidine rings is 2. The highest BCUT2D eigenvalue weighted by atomic mass is 15.2. The molecule has 3 heterocycles. The number of aromatic nitrogens is 2. The van der Waals surface area contributed by atoms with Crippen LogP contribution in [-0.4, -0.2) is 40.0 Å². The van der Waals surface area contributed by atoms with Gasteiger partial charge in [-0.2, -0.15) is 0 Å². The van der Waals surface area contributed by atoms with Gasteiger partial charge in [0, 0.05) is 24.2 Å². The van der Waals surface area contributed by atoms with Gasteiger partial charge in [0.2, 0.25) is 0 Å². The second-order valence-corrected chi connectivity index (χ2v) is 5.54. The average Bonchev–Trinajstić information content (AvgIpc) is 2.30. The summed E-state index contributed by atoms with van der Waals surface area (Å²) in [6.45, 7) is 0. The zero-order chi connectivity index (χ0) is 12.5. The topological polar surface area (TPSA) is 67.1 Å². The number of hydrogen-bond donors (Lipinski definition) is 2. The minimum atomic E-state index is 0.519. The van der Waals surface area contributed by atoms with E-state index < -0.39 is 0 Å². The summed E-state index contributed by atoms with van der Waals surface area (Å²) < 4.78 is 0. The van der Waals surface area contributed by atoms with Crippen LogP contribution in [0.4, 0.5) is 11.6 Å². The third kappa shape index (κ3) is 2.27. The zero-order valence-electron chi connectivity index (χ0n) is 10.8. The van der Waals surface area contributed by atoms with Gasteiger partial charge in [0.1, 0.15) is 18.0 Å². The maximum absolute atomic E-state index is 5.68. The van der Waals surface area contributed by atoms with Gasteiger partial charge in [-0.15, -0.1) is 0 Å². The molecule has 3 rings (SSSR count). The predicted octanol–water partition coefficient (Wildman–Crippen LogP) is 1.49.